The number of aromatic nitrogens is 1. The van der Waals surface area contributed by atoms with Crippen LogP contribution in [0.5, 0.6) is 0 Å². The lowest BCUT2D eigenvalue weighted by molar-refractivity contribution is 0.0951. The molecule has 1 aliphatic rings. The summed E-state index contributed by atoms with van der Waals surface area (Å²) < 4.78 is 11.6. The highest BCUT2D eigenvalue weighted by molar-refractivity contribution is 6.05. The second kappa shape index (κ2) is 7.34. The van der Waals surface area contributed by atoms with Crippen LogP contribution >= 0.6 is 0 Å². The second-order valence-corrected chi connectivity index (χ2v) is 7.71. The van der Waals surface area contributed by atoms with E-state index >= 15 is 0 Å². The van der Waals surface area contributed by atoms with Gasteiger partial charge in [0.25, 0.3) is 5.91 Å². The predicted molar refractivity (Wildman–Crippen MR) is 116 cm³/mol. The van der Waals surface area contributed by atoms with E-state index in [0.717, 1.165) is 34.4 Å². The first-order chi connectivity index (χ1) is 14.6. The molecule has 0 N–H and O–H groups in total. The normalized spacial score (nSPS) is 16.4. The van der Waals surface area contributed by atoms with Crippen molar-refractivity contribution in [3.63, 3.8) is 0 Å². The van der Waals surface area contributed by atoms with Crippen LogP contribution in [0.1, 0.15) is 59.7 Å². The van der Waals surface area contributed by atoms with Gasteiger partial charge in [0.05, 0.1) is 12.3 Å². The Morgan fingerprint density at radius 2 is 2.13 bits per heavy atom. The molecule has 0 aliphatic heterocycles. The molecular formula is C25H22N2O3. The maximum Gasteiger partial charge on any atom is 0.294 e. The zero-order valence-electron chi connectivity index (χ0n) is 16.9. The van der Waals surface area contributed by atoms with Gasteiger partial charge in [0.2, 0.25) is 0 Å². The Morgan fingerprint density at radius 1 is 1.23 bits per heavy atom. The van der Waals surface area contributed by atoms with Gasteiger partial charge in [0.15, 0.2) is 5.76 Å². The summed E-state index contributed by atoms with van der Waals surface area (Å²) in [6, 6.07) is 13.0. The van der Waals surface area contributed by atoms with Crippen molar-refractivity contribution in [2.45, 2.75) is 32.2 Å². The topological polar surface area (TPSA) is 59.5 Å². The Kier molecular flexibility index (Phi) is 4.51. The van der Waals surface area contributed by atoms with E-state index in [9.17, 15) is 4.79 Å². The van der Waals surface area contributed by atoms with E-state index in [1.807, 2.05) is 37.3 Å². The number of pyridine rings is 1. The highest BCUT2D eigenvalue weighted by Gasteiger charge is 2.28. The van der Waals surface area contributed by atoms with Crippen LogP contribution < -0.4 is 4.90 Å². The number of allylic oxidation sites excluding steroid dienone is 1. The number of carbonyl (C=O) groups excluding carboxylic acids is 1. The third-order valence-corrected chi connectivity index (χ3v) is 5.78. The Labute approximate surface area is 174 Å². The van der Waals surface area contributed by atoms with Gasteiger partial charge in [-0.1, -0.05) is 19.1 Å². The van der Waals surface area contributed by atoms with Crippen molar-refractivity contribution in [1.29, 1.82) is 0 Å². The van der Waals surface area contributed by atoms with Crippen LogP contribution in [0.4, 0.5) is 5.69 Å². The molecule has 5 heteroatoms. The zero-order valence-corrected chi connectivity index (χ0v) is 16.9. The summed E-state index contributed by atoms with van der Waals surface area (Å²) in [7, 11) is 0. The summed E-state index contributed by atoms with van der Waals surface area (Å²) in [5.74, 6) is 1.40. The van der Waals surface area contributed by atoms with E-state index in [1.54, 1.807) is 29.4 Å². The third-order valence-electron chi connectivity index (χ3n) is 5.78. The first-order valence-electron chi connectivity index (χ1n) is 10.1. The molecule has 3 aromatic heterocycles. The molecule has 1 aliphatic carbocycles. The van der Waals surface area contributed by atoms with Gasteiger partial charge in [-0.05, 0) is 61.2 Å². The number of anilines is 1. The van der Waals surface area contributed by atoms with Gasteiger partial charge in [0, 0.05) is 35.1 Å². The van der Waals surface area contributed by atoms with Crippen LogP contribution in [0.2, 0.25) is 0 Å². The van der Waals surface area contributed by atoms with Crippen LogP contribution in [-0.2, 0) is 0 Å². The van der Waals surface area contributed by atoms with Gasteiger partial charge >= 0.3 is 0 Å². The predicted octanol–water partition coefficient (Wildman–Crippen LogP) is 6.35. The molecule has 1 aromatic carbocycles. The van der Waals surface area contributed by atoms with Gasteiger partial charge in [-0.15, -0.1) is 0 Å². The van der Waals surface area contributed by atoms with E-state index in [4.69, 9.17) is 8.83 Å². The van der Waals surface area contributed by atoms with E-state index in [0.29, 0.717) is 11.7 Å². The standard InChI is InChI=1S/C25H22N2O3/c1-16-6-3-8-21-24(16)20-11-10-19(14-23(20)30-21)27(25(28)22-9-5-13-29-22)17(2)18-7-4-12-26-15-18/h3-5,7-17H,6H2,1-2H3/t16?,17-/m0/s1. The van der Waals surface area contributed by atoms with Crippen molar-refractivity contribution in [2.75, 3.05) is 4.90 Å². The summed E-state index contributed by atoms with van der Waals surface area (Å²) in [6.07, 6.45) is 10.2. The summed E-state index contributed by atoms with van der Waals surface area (Å²) in [6.45, 7) is 4.20. The SMILES string of the molecule is CC1CC=Cc2oc3cc(N(C(=O)c4ccco4)[C@@H](C)c4cccnc4)ccc3c21. The lowest BCUT2D eigenvalue weighted by atomic mass is 9.91. The number of furan rings is 2. The van der Waals surface area contributed by atoms with Crippen LogP contribution in [0.3, 0.4) is 0 Å². The fraction of sp³-hybridized carbons (Fsp3) is 0.200. The molecule has 5 nitrogen and oxygen atoms in total. The number of nitrogens with zero attached hydrogens (tertiary/aromatic N) is 2. The van der Waals surface area contributed by atoms with Crippen molar-refractivity contribution in [3.05, 3.63) is 89.8 Å². The van der Waals surface area contributed by atoms with E-state index < -0.39 is 0 Å². The number of carbonyl (C=O) groups is 1. The molecule has 1 amide bonds. The Bertz CT molecular complexity index is 1220. The van der Waals surface area contributed by atoms with Crippen molar-refractivity contribution in [3.8, 4) is 0 Å². The quantitative estimate of drug-likeness (QED) is 0.402. The average Bonchev–Trinajstić information content (AvgIpc) is 3.42. The largest absolute Gasteiger partial charge is 0.459 e. The number of fused-ring (bicyclic) bond motifs is 3. The molecule has 4 aromatic rings. The van der Waals surface area contributed by atoms with Gasteiger partial charge in [0.1, 0.15) is 11.3 Å². The fourth-order valence-corrected chi connectivity index (χ4v) is 4.21. The first-order valence-corrected chi connectivity index (χ1v) is 10.1. The smallest absolute Gasteiger partial charge is 0.294 e. The Hall–Kier alpha value is -3.60. The molecule has 0 saturated carbocycles. The number of benzene rings is 1. The highest BCUT2D eigenvalue weighted by Crippen LogP contribution is 2.40. The maximum atomic E-state index is 13.4. The molecule has 30 heavy (non-hydrogen) atoms. The van der Waals surface area contributed by atoms with Crippen LogP contribution in [-0.4, -0.2) is 10.9 Å². The van der Waals surface area contributed by atoms with E-state index in [2.05, 4.69) is 24.1 Å². The summed E-state index contributed by atoms with van der Waals surface area (Å²) >= 11 is 0. The van der Waals surface area contributed by atoms with Gasteiger partial charge in [-0.25, -0.2) is 0 Å². The molecule has 0 fully saturated rings. The molecule has 3 heterocycles. The summed E-state index contributed by atoms with van der Waals surface area (Å²) in [5.41, 5.74) is 3.71. The zero-order chi connectivity index (χ0) is 20.7. The van der Waals surface area contributed by atoms with E-state index in [1.165, 1.54) is 11.8 Å². The first kappa shape index (κ1) is 18.4. The number of rotatable bonds is 4. The van der Waals surface area contributed by atoms with Crippen molar-refractivity contribution >= 4 is 28.6 Å². The number of amides is 1. The molecule has 0 spiro atoms. The third kappa shape index (κ3) is 3.03. The minimum absolute atomic E-state index is 0.208. The van der Waals surface area contributed by atoms with Crippen molar-refractivity contribution < 1.29 is 13.6 Å². The average molecular weight is 398 g/mol. The number of hydrogen-bond acceptors (Lipinski definition) is 4. The molecule has 0 bridgehead atoms. The van der Waals surface area contributed by atoms with Gasteiger partial charge in [-0.3, -0.25) is 14.7 Å². The summed E-state index contributed by atoms with van der Waals surface area (Å²) in [5, 5.41) is 1.10. The molecule has 0 radical (unpaired) electrons. The van der Waals surface area contributed by atoms with Gasteiger partial charge in [-0.2, -0.15) is 0 Å². The maximum absolute atomic E-state index is 13.4. The Balaban J connectivity index is 1.63. The number of hydrogen-bond donors (Lipinski definition) is 0. The van der Waals surface area contributed by atoms with Crippen molar-refractivity contribution in [1.82, 2.24) is 4.98 Å². The molecular weight excluding hydrogens is 376 g/mol. The van der Waals surface area contributed by atoms with Crippen LogP contribution in [0.25, 0.3) is 17.0 Å². The van der Waals surface area contributed by atoms with Crippen LogP contribution in [0.15, 0.2) is 76.0 Å². The fourth-order valence-electron chi connectivity index (χ4n) is 4.21. The molecule has 5 rings (SSSR count). The van der Waals surface area contributed by atoms with Crippen molar-refractivity contribution in [2.24, 2.45) is 0 Å². The minimum Gasteiger partial charge on any atom is -0.459 e. The monoisotopic (exact) mass is 398 g/mol. The molecule has 150 valence electrons. The molecule has 1 unspecified atom stereocenters. The lowest BCUT2D eigenvalue weighted by Crippen LogP contribution is -2.33. The minimum atomic E-state index is -0.239. The van der Waals surface area contributed by atoms with E-state index in [-0.39, 0.29) is 11.9 Å². The Morgan fingerprint density at radius 3 is 2.90 bits per heavy atom. The molecule has 2 atom stereocenters. The van der Waals surface area contributed by atoms with Crippen LogP contribution in [0, 0.1) is 0 Å². The molecule has 0 saturated heterocycles. The second-order valence-electron chi connectivity index (χ2n) is 7.71. The van der Waals surface area contributed by atoms with Gasteiger partial charge < -0.3 is 8.83 Å². The summed E-state index contributed by atoms with van der Waals surface area (Å²) in [4.78, 5) is 19.3. The lowest BCUT2D eigenvalue weighted by Gasteiger charge is -2.29. The highest BCUT2D eigenvalue weighted by atomic mass is 16.3.